The van der Waals surface area contributed by atoms with Gasteiger partial charge in [0.2, 0.25) is 0 Å². The van der Waals surface area contributed by atoms with Crippen LogP contribution in [0.2, 0.25) is 0 Å². The molecule has 0 aromatic heterocycles. The Bertz CT molecular complexity index is 59.5. The Balaban J connectivity index is 2.69. The molecule has 0 aromatic carbocycles. The Morgan fingerprint density at radius 2 is 1.82 bits per heavy atom. The summed E-state index contributed by atoms with van der Waals surface area (Å²) in [5, 5.41) is 0. The van der Waals surface area contributed by atoms with Crippen molar-refractivity contribution in [2.75, 3.05) is 6.54 Å². The molecule has 0 aromatic rings. The molecule has 0 spiro atoms. The highest BCUT2D eigenvalue weighted by molar-refractivity contribution is 4.35. The van der Waals surface area contributed by atoms with Crippen molar-refractivity contribution < 1.29 is 0 Å². The van der Waals surface area contributed by atoms with Crippen LogP contribution in [0, 0.1) is 0 Å². The van der Waals surface area contributed by atoms with Crippen molar-refractivity contribution in [2.45, 2.75) is 19.8 Å². The molecule has 0 bridgehead atoms. The van der Waals surface area contributed by atoms with Crippen molar-refractivity contribution in [3.05, 3.63) is 0 Å². The van der Waals surface area contributed by atoms with Crippen molar-refractivity contribution in [2.24, 2.45) is 5.84 Å². The van der Waals surface area contributed by atoms with Crippen LogP contribution in [0.5, 0.6) is 0 Å². The molecule has 7 nitrogen and oxygen atoms in total. The minimum absolute atomic E-state index is 0.918. The van der Waals surface area contributed by atoms with Gasteiger partial charge in [-0.25, -0.2) is 5.43 Å². The van der Waals surface area contributed by atoms with E-state index >= 15 is 0 Å². The minimum Gasteiger partial charge on any atom is -0.257 e. The number of unbranched alkanes of at least 4 members (excludes halogenated alkanes) is 1. The van der Waals surface area contributed by atoms with Crippen molar-refractivity contribution in [3.63, 3.8) is 0 Å². The second-order valence-corrected chi connectivity index (χ2v) is 1.92. The first-order valence-electron chi connectivity index (χ1n) is 3.60. The van der Waals surface area contributed by atoms with E-state index in [1.54, 1.807) is 0 Å². The number of nitrogens with one attached hydrogen (secondary N) is 6. The first-order chi connectivity index (χ1) is 5.41. The van der Waals surface area contributed by atoms with Crippen molar-refractivity contribution in [1.29, 1.82) is 0 Å². The van der Waals surface area contributed by atoms with Crippen LogP contribution in [0.15, 0.2) is 0 Å². The van der Waals surface area contributed by atoms with Crippen molar-refractivity contribution in [3.8, 4) is 0 Å². The van der Waals surface area contributed by atoms with Crippen LogP contribution < -0.4 is 38.9 Å². The molecule has 68 valence electrons. The monoisotopic (exact) mass is 163 g/mol. The molecule has 0 saturated heterocycles. The predicted octanol–water partition coefficient (Wildman–Crippen LogP) is -2.23. The summed E-state index contributed by atoms with van der Waals surface area (Å²) < 4.78 is 0. The zero-order valence-corrected chi connectivity index (χ0v) is 6.70. The third-order valence-electron chi connectivity index (χ3n) is 1.00. The minimum atomic E-state index is 0.918. The Hall–Kier alpha value is -0.280. The summed E-state index contributed by atoms with van der Waals surface area (Å²) in [7, 11) is 0. The van der Waals surface area contributed by atoms with E-state index in [1.165, 1.54) is 6.42 Å². The van der Waals surface area contributed by atoms with Gasteiger partial charge in [0.15, 0.2) is 0 Å². The smallest absolute Gasteiger partial charge is 0.0113 e. The first-order valence-corrected chi connectivity index (χ1v) is 3.60. The van der Waals surface area contributed by atoms with Crippen molar-refractivity contribution >= 4 is 0 Å². The van der Waals surface area contributed by atoms with E-state index in [1.807, 2.05) is 0 Å². The van der Waals surface area contributed by atoms with Gasteiger partial charge < -0.3 is 0 Å². The lowest BCUT2D eigenvalue weighted by atomic mass is 10.3. The van der Waals surface area contributed by atoms with E-state index < -0.39 is 0 Å². The number of hydrogen-bond acceptors (Lipinski definition) is 7. The molecular formula is C4H17N7. The fourth-order valence-electron chi connectivity index (χ4n) is 0.470. The average molecular weight is 163 g/mol. The van der Waals surface area contributed by atoms with Gasteiger partial charge in [-0.3, -0.25) is 5.84 Å². The Labute approximate surface area is 66.3 Å². The van der Waals surface area contributed by atoms with Gasteiger partial charge in [0, 0.05) is 6.54 Å². The second kappa shape index (κ2) is 9.72. The highest BCUT2D eigenvalue weighted by Crippen LogP contribution is 1.79. The summed E-state index contributed by atoms with van der Waals surface area (Å²) in [6.45, 7) is 3.05. The molecule has 0 aliphatic rings. The molecule has 0 saturated carbocycles. The van der Waals surface area contributed by atoms with Crippen LogP contribution in [0.3, 0.4) is 0 Å². The summed E-state index contributed by atoms with van der Waals surface area (Å²) in [5.41, 5.74) is 15.3. The normalized spacial score (nSPS) is 10.4. The van der Waals surface area contributed by atoms with Crippen molar-refractivity contribution in [1.82, 2.24) is 33.1 Å². The van der Waals surface area contributed by atoms with E-state index in [0.717, 1.165) is 13.0 Å². The standard InChI is InChI=1S/C4H17N7/c1-2-3-4-6-8-10-11-9-7-5/h6-11H,2-5H2,1H3. The van der Waals surface area contributed by atoms with E-state index in [-0.39, 0.29) is 0 Å². The van der Waals surface area contributed by atoms with E-state index in [9.17, 15) is 0 Å². The Morgan fingerprint density at radius 1 is 1.09 bits per heavy atom. The maximum Gasteiger partial charge on any atom is 0.0113 e. The highest BCUT2D eigenvalue weighted by atomic mass is 15.9. The molecule has 0 radical (unpaired) electrons. The summed E-state index contributed by atoms with van der Waals surface area (Å²) in [6.07, 6.45) is 2.31. The molecular weight excluding hydrogens is 146 g/mol. The maximum atomic E-state index is 4.88. The topological polar surface area (TPSA) is 98.2 Å². The Morgan fingerprint density at radius 3 is 2.45 bits per heavy atom. The number of rotatable bonds is 8. The highest BCUT2D eigenvalue weighted by Gasteiger charge is 1.81. The molecule has 0 fully saturated rings. The second-order valence-electron chi connectivity index (χ2n) is 1.92. The molecule has 8 N–H and O–H groups in total. The zero-order chi connectivity index (χ0) is 8.36. The van der Waals surface area contributed by atoms with Gasteiger partial charge in [0.25, 0.3) is 0 Å². The van der Waals surface area contributed by atoms with E-state index in [0.29, 0.717) is 0 Å². The van der Waals surface area contributed by atoms with Gasteiger partial charge >= 0.3 is 0 Å². The molecule has 0 aliphatic carbocycles. The predicted molar refractivity (Wildman–Crippen MR) is 42.8 cm³/mol. The molecule has 0 aliphatic heterocycles. The summed E-state index contributed by atoms with van der Waals surface area (Å²) in [5.74, 6) is 4.88. The molecule has 0 rings (SSSR count). The van der Waals surface area contributed by atoms with Gasteiger partial charge in [-0.1, -0.05) is 13.3 Å². The van der Waals surface area contributed by atoms with Crippen LogP contribution >= 0.6 is 0 Å². The molecule has 11 heavy (non-hydrogen) atoms. The lowest BCUT2D eigenvalue weighted by Crippen LogP contribution is -2.60. The van der Waals surface area contributed by atoms with Gasteiger partial charge in [-0.2, -0.15) is 27.7 Å². The third kappa shape index (κ3) is 9.72. The number of hydrogen-bond donors (Lipinski definition) is 7. The molecule has 0 atom stereocenters. The fraction of sp³-hybridized carbons (Fsp3) is 1.00. The van der Waals surface area contributed by atoms with E-state index in [4.69, 9.17) is 5.84 Å². The molecule has 7 heteroatoms. The summed E-state index contributed by atoms with van der Waals surface area (Å²) in [4.78, 5) is 0. The zero-order valence-electron chi connectivity index (χ0n) is 6.70. The average Bonchev–Trinajstić information content (AvgIpc) is 2.03. The molecule has 0 unspecified atom stereocenters. The quantitative estimate of drug-likeness (QED) is 0.124. The SMILES string of the molecule is CCCCNNNNNNN. The Kier molecular flexibility index (Phi) is 9.47. The largest absolute Gasteiger partial charge is 0.257 e. The lowest BCUT2D eigenvalue weighted by Gasteiger charge is -2.08. The van der Waals surface area contributed by atoms with Crippen LogP contribution in [0.1, 0.15) is 19.8 Å². The van der Waals surface area contributed by atoms with Crippen LogP contribution in [-0.2, 0) is 0 Å². The number of hydrazine groups is 6. The van der Waals surface area contributed by atoms with E-state index in [2.05, 4.69) is 40.0 Å². The summed E-state index contributed by atoms with van der Waals surface area (Å²) in [6, 6.07) is 0. The van der Waals surface area contributed by atoms with Crippen LogP contribution in [-0.4, -0.2) is 6.54 Å². The first kappa shape index (κ1) is 10.7. The summed E-state index contributed by atoms with van der Waals surface area (Å²) >= 11 is 0. The maximum absolute atomic E-state index is 4.88. The van der Waals surface area contributed by atoms with Gasteiger partial charge in [0.05, 0.1) is 0 Å². The van der Waals surface area contributed by atoms with Crippen LogP contribution in [0.25, 0.3) is 0 Å². The van der Waals surface area contributed by atoms with Crippen LogP contribution in [0.4, 0.5) is 0 Å². The molecule has 0 amide bonds. The lowest BCUT2D eigenvalue weighted by molar-refractivity contribution is 0.296. The fourth-order valence-corrected chi connectivity index (χ4v) is 0.470. The third-order valence-corrected chi connectivity index (χ3v) is 1.00. The van der Waals surface area contributed by atoms with Gasteiger partial charge in [0.1, 0.15) is 0 Å². The van der Waals surface area contributed by atoms with Gasteiger partial charge in [-0.15, -0.1) is 0 Å². The molecule has 0 heterocycles. The number of nitrogens with two attached hydrogens (primary N) is 1. The van der Waals surface area contributed by atoms with Gasteiger partial charge in [-0.05, 0) is 6.42 Å².